The van der Waals surface area contributed by atoms with Crippen molar-refractivity contribution in [2.45, 2.75) is 18.9 Å². The van der Waals surface area contributed by atoms with Crippen LogP contribution in [0.3, 0.4) is 0 Å². The van der Waals surface area contributed by atoms with Crippen LogP contribution in [-0.2, 0) is 11.2 Å². The number of imide groups is 1. The van der Waals surface area contributed by atoms with Crippen LogP contribution in [0.2, 0.25) is 0 Å². The number of nitrogens with zero attached hydrogens (tertiary/aromatic N) is 2. The third kappa shape index (κ3) is 4.28. The number of aliphatic imine (C=N–C) groups is 1. The summed E-state index contributed by atoms with van der Waals surface area (Å²) in [6.07, 6.45) is 0.0651. The Balaban J connectivity index is 1.57. The summed E-state index contributed by atoms with van der Waals surface area (Å²) in [7, 11) is 0. The lowest BCUT2D eigenvalue weighted by Crippen LogP contribution is -2.48. The molecule has 0 unspecified atom stereocenters. The lowest BCUT2D eigenvalue weighted by atomic mass is 10.0. The van der Waals surface area contributed by atoms with E-state index in [0.29, 0.717) is 5.56 Å². The molecule has 0 radical (unpaired) electrons. The van der Waals surface area contributed by atoms with Gasteiger partial charge in [0.25, 0.3) is 17.7 Å². The molecule has 0 saturated heterocycles. The SMILES string of the molecule is O=C(N[C@@H](Cc1ccc(F)c(F)c1)CN1C(=O)c2ccccc2C1=O)C1=NC(Cl)=C(Cl)C1. The van der Waals surface area contributed by atoms with E-state index in [0.717, 1.165) is 17.0 Å². The quantitative estimate of drug-likeness (QED) is 0.507. The van der Waals surface area contributed by atoms with Crippen molar-refractivity contribution in [2.24, 2.45) is 4.99 Å². The van der Waals surface area contributed by atoms with Crippen molar-refractivity contribution in [3.8, 4) is 0 Å². The fraction of sp³-hybridized carbons (Fsp3) is 0.182. The molecule has 0 saturated carbocycles. The zero-order valence-electron chi connectivity index (χ0n) is 16.4. The number of fused-ring (bicyclic) bond motifs is 1. The Hall–Kier alpha value is -3.10. The Kier molecular flexibility index (Phi) is 6.08. The number of carbonyl (C=O) groups is 3. The van der Waals surface area contributed by atoms with Crippen molar-refractivity contribution in [1.82, 2.24) is 10.2 Å². The smallest absolute Gasteiger partial charge is 0.266 e. The Morgan fingerprint density at radius 2 is 1.72 bits per heavy atom. The summed E-state index contributed by atoms with van der Waals surface area (Å²) in [6.45, 7) is -0.181. The molecule has 2 heterocycles. The summed E-state index contributed by atoms with van der Waals surface area (Å²) < 4.78 is 27.0. The van der Waals surface area contributed by atoms with Gasteiger partial charge in [-0.05, 0) is 36.2 Å². The van der Waals surface area contributed by atoms with Gasteiger partial charge in [-0.15, -0.1) is 0 Å². The third-order valence-electron chi connectivity index (χ3n) is 5.12. The summed E-state index contributed by atoms with van der Waals surface area (Å²) in [6, 6.07) is 8.90. The van der Waals surface area contributed by atoms with Crippen LogP contribution >= 0.6 is 23.2 Å². The minimum absolute atomic E-state index is 0.00863. The van der Waals surface area contributed by atoms with Crippen LogP contribution in [0.4, 0.5) is 8.78 Å². The number of carbonyl (C=O) groups excluding carboxylic acids is 3. The zero-order valence-corrected chi connectivity index (χ0v) is 17.9. The van der Waals surface area contributed by atoms with E-state index >= 15 is 0 Å². The van der Waals surface area contributed by atoms with Gasteiger partial charge < -0.3 is 5.32 Å². The highest BCUT2D eigenvalue weighted by atomic mass is 35.5. The van der Waals surface area contributed by atoms with Crippen LogP contribution in [0.1, 0.15) is 32.7 Å². The lowest BCUT2D eigenvalue weighted by molar-refractivity contribution is -0.115. The molecule has 3 amide bonds. The summed E-state index contributed by atoms with van der Waals surface area (Å²) in [5.41, 5.74) is 0.961. The Morgan fingerprint density at radius 3 is 2.28 bits per heavy atom. The van der Waals surface area contributed by atoms with Gasteiger partial charge in [-0.25, -0.2) is 13.8 Å². The van der Waals surface area contributed by atoms with Crippen LogP contribution in [-0.4, -0.2) is 40.9 Å². The topological polar surface area (TPSA) is 78.8 Å². The van der Waals surface area contributed by atoms with Crippen molar-refractivity contribution in [3.05, 3.63) is 81.0 Å². The highest BCUT2D eigenvalue weighted by Crippen LogP contribution is 2.26. The van der Waals surface area contributed by atoms with E-state index in [1.807, 2.05) is 0 Å². The van der Waals surface area contributed by atoms with Gasteiger partial charge in [0.05, 0.1) is 22.2 Å². The van der Waals surface area contributed by atoms with Crippen molar-refractivity contribution < 1.29 is 23.2 Å². The van der Waals surface area contributed by atoms with E-state index in [9.17, 15) is 23.2 Å². The first-order valence-corrected chi connectivity index (χ1v) is 10.3. The molecule has 2 aliphatic rings. The van der Waals surface area contributed by atoms with E-state index in [1.54, 1.807) is 24.3 Å². The summed E-state index contributed by atoms with van der Waals surface area (Å²) >= 11 is 11.7. The minimum Gasteiger partial charge on any atom is -0.346 e. The molecule has 32 heavy (non-hydrogen) atoms. The van der Waals surface area contributed by atoms with Gasteiger partial charge in [0.1, 0.15) is 10.9 Å². The van der Waals surface area contributed by atoms with Crippen molar-refractivity contribution in [1.29, 1.82) is 0 Å². The second-order valence-electron chi connectivity index (χ2n) is 7.32. The van der Waals surface area contributed by atoms with Crippen LogP contribution in [0, 0.1) is 11.6 Å². The number of halogens is 4. The maximum atomic E-state index is 13.7. The molecule has 2 aliphatic heterocycles. The van der Waals surface area contributed by atoms with Gasteiger partial charge in [-0.3, -0.25) is 19.3 Å². The third-order valence-corrected chi connectivity index (χ3v) is 5.85. The fourth-order valence-electron chi connectivity index (χ4n) is 3.58. The van der Waals surface area contributed by atoms with Crippen molar-refractivity contribution >= 4 is 46.6 Å². The molecule has 0 bridgehead atoms. The predicted octanol–water partition coefficient (Wildman–Crippen LogP) is 3.78. The van der Waals surface area contributed by atoms with E-state index in [2.05, 4.69) is 10.3 Å². The number of amides is 3. The highest BCUT2D eigenvalue weighted by molar-refractivity contribution is 6.48. The number of hydrogen-bond acceptors (Lipinski definition) is 4. The minimum atomic E-state index is -1.05. The molecule has 1 atom stereocenters. The van der Waals surface area contributed by atoms with E-state index in [1.165, 1.54) is 6.07 Å². The number of nitrogens with one attached hydrogen (secondary N) is 1. The van der Waals surface area contributed by atoms with Gasteiger partial charge in [0, 0.05) is 13.0 Å². The Labute approximate surface area is 191 Å². The molecule has 0 fully saturated rings. The predicted molar refractivity (Wildman–Crippen MR) is 115 cm³/mol. The normalized spacial score (nSPS) is 16.4. The largest absolute Gasteiger partial charge is 0.346 e. The van der Waals surface area contributed by atoms with Gasteiger partial charge in [0.15, 0.2) is 11.6 Å². The first kappa shape index (κ1) is 22.1. The molecular weight excluding hydrogens is 463 g/mol. The highest BCUT2D eigenvalue weighted by Gasteiger charge is 2.37. The first-order chi connectivity index (χ1) is 15.2. The number of hydrogen-bond donors (Lipinski definition) is 1. The maximum absolute atomic E-state index is 13.7. The van der Waals surface area contributed by atoms with Gasteiger partial charge in [-0.1, -0.05) is 41.4 Å². The van der Waals surface area contributed by atoms with E-state index in [-0.39, 0.29) is 46.4 Å². The summed E-state index contributed by atoms with van der Waals surface area (Å²) in [5, 5.41) is 2.93. The number of allylic oxidation sites excluding steroid dienone is 1. The van der Waals surface area contributed by atoms with Crippen molar-refractivity contribution in [3.63, 3.8) is 0 Å². The second kappa shape index (κ2) is 8.80. The van der Waals surface area contributed by atoms with Crippen LogP contribution in [0.25, 0.3) is 0 Å². The van der Waals surface area contributed by atoms with E-state index < -0.39 is 35.4 Å². The lowest BCUT2D eigenvalue weighted by Gasteiger charge is -2.24. The first-order valence-electron chi connectivity index (χ1n) is 9.56. The molecule has 10 heteroatoms. The average Bonchev–Trinajstić information content (AvgIpc) is 3.22. The standard InChI is InChI=1S/C22H15Cl2F2N3O3/c23-15-9-18(28-19(15)24)20(30)27-12(7-11-5-6-16(25)17(26)8-11)10-29-21(31)13-3-1-2-4-14(13)22(29)32/h1-6,8,12H,7,9-10H2,(H,27,30)/t12-/m0/s1. The molecule has 2 aromatic rings. The van der Waals surface area contributed by atoms with Gasteiger partial charge in [-0.2, -0.15) is 0 Å². The monoisotopic (exact) mass is 477 g/mol. The number of benzene rings is 2. The fourth-order valence-corrected chi connectivity index (χ4v) is 3.91. The van der Waals surface area contributed by atoms with Crippen LogP contribution in [0.15, 0.2) is 57.6 Å². The van der Waals surface area contributed by atoms with E-state index in [4.69, 9.17) is 23.2 Å². The molecule has 0 spiro atoms. The van der Waals surface area contributed by atoms with Crippen LogP contribution < -0.4 is 5.32 Å². The number of rotatable bonds is 6. The van der Waals surface area contributed by atoms with Crippen molar-refractivity contribution in [2.75, 3.05) is 6.54 Å². The molecule has 0 aromatic heterocycles. The second-order valence-corrected chi connectivity index (χ2v) is 8.13. The van der Waals surface area contributed by atoms with Gasteiger partial charge in [0.2, 0.25) is 0 Å². The molecule has 2 aromatic carbocycles. The molecular formula is C22H15Cl2F2N3O3. The zero-order chi connectivity index (χ0) is 23.0. The molecule has 1 N–H and O–H groups in total. The van der Waals surface area contributed by atoms with Gasteiger partial charge >= 0.3 is 0 Å². The molecule has 164 valence electrons. The maximum Gasteiger partial charge on any atom is 0.266 e. The average molecular weight is 478 g/mol. The molecule has 0 aliphatic carbocycles. The Morgan fingerprint density at radius 1 is 1.06 bits per heavy atom. The summed E-state index contributed by atoms with van der Waals surface area (Å²) in [5.74, 6) is -3.65. The summed E-state index contributed by atoms with van der Waals surface area (Å²) in [4.78, 5) is 43.1. The Bertz CT molecular complexity index is 1180. The van der Waals surface area contributed by atoms with Crippen LogP contribution in [0.5, 0.6) is 0 Å². The molecule has 4 rings (SSSR count). The molecule has 6 nitrogen and oxygen atoms in total.